The van der Waals surface area contributed by atoms with Gasteiger partial charge < -0.3 is 20.4 Å². The van der Waals surface area contributed by atoms with Crippen LogP contribution in [0.25, 0.3) is 21.5 Å². The molecule has 8 rings (SSSR count). The summed E-state index contributed by atoms with van der Waals surface area (Å²) in [6.07, 6.45) is 3.21. The van der Waals surface area contributed by atoms with Crippen molar-refractivity contribution in [2.45, 2.75) is 56.7 Å². The van der Waals surface area contributed by atoms with Crippen molar-refractivity contribution in [3.8, 4) is 0 Å². The van der Waals surface area contributed by atoms with Gasteiger partial charge in [0.15, 0.2) is 0 Å². The molecular formula is C47H59Cl3N6O4S2. The predicted molar refractivity (Wildman–Crippen MR) is 267 cm³/mol. The molecule has 0 aromatic heterocycles. The Balaban J connectivity index is 0.000000260. The summed E-state index contributed by atoms with van der Waals surface area (Å²) in [4.78, 5) is 5.36. The summed E-state index contributed by atoms with van der Waals surface area (Å²) >= 11 is 0. The number of hydrogen-bond donors (Lipinski definition) is 4. The molecule has 2 aliphatic heterocycles. The van der Waals surface area contributed by atoms with Crippen LogP contribution >= 0.6 is 37.2 Å². The van der Waals surface area contributed by atoms with Crippen LogP contribution in [0.2, 0.25) is 0 Å². The van der Waals surface area contributed by atoms with Crippen molar-refractivity contribution in [3.05, 3.63) is 131 Å². The van der Waals surface area contributed by atoms with Crippen LogP contribution in [-0.4, -0.2) is 69.2 Å². The molecule has 62 heavy (non-hydrogen) atoms. The summed E-state index contributed by atoms with van der Waals surface area (Å²) in [5, 5.41) is 10.7. The zero-order valence-corrected chi connectivity index (χ0v) is 39.8. The van der Waals surface area contributed by atoms with Gasteiger partial charge >= 0.3 is 0 Å². The lowest BCUT2D eigenvalue weighted by Crippen LogP contribution is -2.43. The number of fused-ring (bicyclic) bond motifs is 2. The van der Waals surface area contributed by atoms with Crippen molar-refractivity contribution in [2.75, 3.05) is 71.6 Å². The van der Waals surface area contributed by atoms with Gasteiger partial charge in [0.1, 0.15) is 0 Å². The number of anilines is 4. The number of piperazine rings is 2. The molecule has 0 radical (unpaired) electrons. The molecule has 15 heteroatoms. The van der Waals surface area contributed by atoms with E-state index in [1.807, 2.05) is 106 Å². The standard InChI is InChI=1S/C24H29N3O2S.C23H27N3O2S.3ClH/c1-2-3-6-19-9-11-20(12-10-19)30(28,29)26-23-13-14-24(27-17-15-25-16-18-27)22-8-5-4-7-21(22)23;1-16-14-17(2)23(18(3)15-16)29(27,28)25-21-8-9-22(26-12-10-24-11-13-26)20-7-5-4-6-19(20)21;;;/h4-5,7-14,25-26H,2-3,6,15-18H2,1H3;4-9,14-15,24-25H,10-13H2,1-3H3;3*1H. The van der Waals surface area contributed by atoms with Crippen molar-refractivity contribution >= 4 is 102 Å². The predicted octanol–water partition coefficient (Wildman–Crippen LogP) is 9.63. The first kappa shape index (κ1) is 50.4. The summed E-state index contributed by atoms with van der Waals surface area (Å²) in [5.74, 6) is 0. The Morgan fingerprint density at radius 1 is 0.548 bits per heavy atom. The number of unbranched alkanes of at least 4 members (excludes halogenated alkanes) is 1. The lowest BCUT2D eigenvalue weighted by molar-refractivity contribution is 0.590. The van der Waals surface area contributed by atoms with Gasteiger partial charge in [-0.2, -0.15) is 0 Å². The maximum absolute atomic E-state index is 13.3. The van der Waals surface area contributed by atoms with Crippen molar-refractivity contribution < 1.29 is 16.8 Å². The summed E-state index contributed by atoms with van der Waals surface area (Å²) in [6, 6.07) is 34.8. The zero-order chi connectivity index (χ0) is 41.6. The van der Waals surface area contributed by atoms with Gasteiger partial charge in [-0.3, -0.25) is 9.44 Å². The Labute approximate surface area is 386 Å². The number of nitrogens with zero attached hydrogens (tertiary/aromatic N) is 2. The average molecular weight is 943 g/mol. The van der Waals surface area contributed by atoms with Gasteiger partial charge in [-0.25, -0.2) is 16.8 Å². The number of hydrogen-bond acceptors (Lipinski definition) is 8. The largest absolute Gasteiger partial charge is 0.368 e. The minimum Gasteiger partial charge on any atom is -0.368 e. The van der Waals surface area contributed by atoms with Crippen LogP contribution < -0.4 is 29.9 Å². The summed E-state index contributed by atoms with van der Waals surface area (Å²) in [6.45, 7) is 15.4. The molecule has 2 fully saturated rings. The molecular weight excluding hydrogens is 883 g/mol. The highest BCUT2D eigenvalue weighted by Crippen LogP contribution is 2.36. The monoisotopic (exact) mass is 940 g/mol. The van der Waals surface area contributed by atoms with Crippen molar-refractivity contribution in [2.24, 2.45) is 0 Å². The fourth-order valence-electron chi connectivity index (χ4n) is 8.31. The normalized spacial score (nSPS) is 14.1. The van der Waals surface area contributed by atoms with Crippen LogP contribution in [0.1, 0.15) is 42.0 Å². The van der Waals surface area contributed by atoms with E-state index >= 15 is 0 Å². The van der Waals surface area contributed by atoms with E-state index < -0.39 is 20.0 Å². The van der Waals surface area contributed by atoms with E-state index in [1.54, 1.807) is 12.1 Å². The summed E-state index contributed by atoms with van der Waals surface area (Å²) < 4.78 is 58.2. The highest BCUT2D eigenvalue weighted by Gasteiger charge is 2.23. The number of nitrogens with one attached hydrogen (secondary N) is 4. The van der Waals surface area contributed by atoms with E-state index in [-0.39, 0.29) is 42.1 Å². The third-order valence-electron chi connectivity index (χ3n) is 11.1. The van der Waals surface area contributed by atoms with Gasteiger partial charge in [-0.15, -0.1) is 37.2 Å². The molecule has 2 saturated heterocycles. The first-order chi connectivity index (χ1) is 28.4. The molecule has 0 aliphatic carbocycles. The Bertz CT molecular complexity index is 2630. The van der Waals surface area contributed by atoms with E-state index in [4.69, 9.17) is 0 Å². The molecule has 2 aliphatic rings. The van der Waals surface area contributed by atoms with Crippen molar-refractivity contribution in [1.82, 2.24) is 10.6 Å². The molecule has 0 spiro atoms. The van der Waals surface area contributed by atoms with Gasteiger partial charge in [0, 0.05) is 85.3 Å². The van der Waals surface area contributed by atoms with Crippen molar-refractivity contribution in [3.63, 3.8) is 0 Å². The molecule has 10 nitrogen and oxygen atoms in total. The minimum absolute atomic E-state index is 0. The quantitative estimate of drug-likeness (QED) is 0.101. The smallest absolute Gasteiger partial charge is 0.262 e. The van der Waals surface area contributed by atoms with Gasteiger partial charge in [-0.05, 0) is 86.7 Å². The number of sulfonamides is 2. The number of rotatable bonds is 11. The molecule has 0 atom stereocenters. The molecule has 6 aromatic carbocycles. The van der Waals surface area contributed by atoms with E-state index in [9.17, 15) is 16.8 Å². The van der Waals surface area contributed by atoms with Crippen molar-refractivity contribution in [1.29, 1.82) is 0 Å². The van der Waals surface area contributed by atoms with Crippen LogP contribution in [-0.2, 0) is 26.5 Å². The fraction of sp³-hybridized carbons (Fsp3) is 0.319. The summed E-state index contributed by atoms with van der Waals surface area (Å²) in [7, 11) is -7.35. The van der Waals surface area contributed by atoms with Crippen LogP contribution in [0.5, 0.6) is 0 Å². The second-order valence-electron chi connectivity index (χ2n) is 15.5. The Kier molecular flexibility index (Phi) is 18.2. The molecule has 0 amide bonds. The van der Waals surface area contributed by atoms with Gasteiger partial charge in [0.25, 0.3) is 20.0 Å². The number of benzene rings is 6. The van der Waals surface area contributed by atoms with E-state index in [0.717, 1.165) is 121 Å². The van der Waals surface area contributed by atoms with Crippen LogP contribution in [0.15, 0.2) is 119 Å². The second kappa shape index (κ2) is 22.4. The first-order valence-electron chi connectivity index (χ1n) is 20.6. The fourth-order valence-corrected chi connectivity index (χ4v) is 10.9. The molecule has 2 heterocycles. The summed E-state index contributed by atoms with van der Waals surface area (Å²) in [5.41, 5.74) is 7.27. The highest BCUT2D eigenvalue weighted by molar-refractivity contribution is 7.93. The van der Waals surface area contributed by atoms with Gasteiger partial charge in [0.2, 0.25) is 0 Å². The Morgan fingerprint density at radius 3 is 1.40 bits per heavy atom. The first-order valence-corrected chi connectivity index (χ1v) is 23.6. The minimum atomic E-state index is -3.69. The maximum atomic E-state index is 13.3. The van der Waals surface area contributed by atoms with Gasteiger partial charge in [0.05, 0.1) is 21.2 Å². The average Bonchev–Trinajstić information content (AvgIpc) is 3.23. The Hall–Kier alpha value is -4.27. The molecule has 0 saturated carbocycles. The van der Waals surface area contributed by atoms with E-state index in [2.05, 4.69) is 48.9 Å². The molecule has 0 bridgehead atoms. The molecule has 334 valence electrons. The third-order valence-corrected chi connectivity index (χ3v) is 14.2. The topological polar surface area (TPSA) is 123 Å². The van der Waals surface area contributed by atoms with E-state index in [0.29, 0.717) is 16.3 Å². The molecule has 4 N–H and O–H groups in total. The number of aryl methyl sites for hydroxylation is 4. The van der Waals surface area contributed by atoms with Crippen LogP contribution in [0.3, 0.4) is 0 Å². The SMILES string of the molecule is CCCCc1ccc(S(=O)(=O)Nc2ccc(N3CCNCC3)c3ccccc23)cc1.Cc1cc(C)c(S(=O)(=O)Nc2ccc(N3CCNCC3)c3ccccc23)c(C)c1.Cl.Cl.Cl. The second-order valence-corrected chi connectivity index (χ2v) is 18.8. The molecule has 6 aromatic rings. The van der Waals surface area contributed by atoms with Crippen LogP contribution in [0, 0.1) is 20.8 Å². The van der Waals surface area contributed by atoms with Crippen LogP contribution in [0.4, 0.5) is 22.7 Å². The molecule has 0 unspecified atom stereocenters. The maximum Gasteiger partial charge on any atom is 0.262 e. The Morgan fingerprint density at radius 2 is 0.968 bits per heavy atom. The lowest BCUT2D eigenvalue weighted by atomic mass is 10.1. The zero-order valence-electron chi connectivity index (χ0n) is 35.7. The lowest BCUT2D eigenvalue weighted by Gasteiger charge is -2.31. The van der Waals surface area contributed by atoms with Gasteiger partial charge in [-0.1, -0.05) is 91.7 Å². The highest BCUT2D eigenvalue weighted by atomic mass is 35.5. The third kappa shape index (κ3) is 11.6. The number of halogens is 3. The van der Waals surface area contributed by atoms with E-state index in [1.165, 1.54) is 5.56 Å².